The fourth-order valence-electron chi connectivity index (χ4n) is 1.79. The molecule has 1 aromatic rings. The van der Waals surface area contributed by atoms with Gasteiger partial charge in [0, 0.05) is 12.6 Å². The van der Waals surface area contributed by atoms with Crippen LogP contribution < -0.4 is 22.9 Å². The minimum absolute atomic E-state index is 0. The van der Waals surface area contributed by atoms with E-state index < -0.39 is 12.0 Å². The fourth-order valence-corrected chi connectivity index (χ4v) is 1.79. The van der Waals surface area contributed by atoms with Gasteiger partial charge < -0.3 is 28.0 Å². The van der Waals surface area contributed by atoms with Gasteiger partial charge in [-0.05, 0) is 38.2 Å². The number of unbranched alkanes of at least 4 members (excludes halogenated alkanes) is 1. The molecule has 2 atom stereocenters. The van der Waals surface area contributed by atoms with E-state index in [0.29, 0.717) is 19.4 Å². The number of rotatable bonds is 8. The summed E-state index contributed by atoms with van der Waals surface area (Å²) in [7, 11) is 0. The SMILES string of the molecule is CC(N)Cc1ccccc1.Cl.Cl.[2H]OC(=O)[C@@H](N)CCCCN=C(N)N. The van der Waals surface area contributed by atoms with Crippen LogP contribution in [-0.4, -0.2) is 35.7 Å². The molecule has 7 nitrogen and oxygen atoms in total. The summed E-state index contributed by atoms with van der Waals surface area (Å²) in [5.74, 6) is -0.660. The van der Waals surface area contributed by atoms with Crippen molar-refractivity contribution in [3.63, 3.8) is 0 Å². The summed E-state index contributed by atoms with van der Waals surface area (Å²) in [6.45, 7) is 2.54. The third-order valence-electron chi connectivity index (χ3n) is 2.92. The second kappa shape index (κ2) is 17.3. The van der Waals surface area contributed by atoms with E-state index in [1.807, 2.05) is 25.1 Å². The topological polar surface area (TPSA) is 154 Å². The fraction of sp³-hybridized carbons (Fsp3) is 0.500. The third kappa shape index (κ3) is 18.6. The average Bonchev–Trinajstić information content (AvgIpc) is 2.54. The van der Waals surface area contributed by atoms with Gasteiger partial charge in [-0.15, -0.1) is 24.8 Å². The van der Waals surface area contributed by atoms with Gasteiger partial charge in [-0.3, -0.25) is 9.79 Å². The monoisotopic (exact) mass is 396 g/mol. The lowest BCUT2D eigenvalue weighted by Crippen LogP contribution is -2.29. The first-order valence-electron chi connectivity index (χ1n) is 8.05. The van der Waals surface area contributed by atoms with Crippen molar-refractivity contribution in [2.75, 3.05) is 6.54 Å². The molecule has 0 bridgehead atoms. The number of aliphatic imine (C=N–C) groups is 1. The normalized spacial score (nSPS) is 11.9. The molecule has 0 fully saturated rings. The Labute approximate surface area is 163 Å². The molecule has 1 aromatic carbocycles. The molecule has 0 amide bonds. The van der Waals surface area contributed by atoms with Crippen molar-refractivity contribution in [3.05, 3.63) is 35.9 Å². The highest BCUT2D eigenvalue weighted by atomic mass is 35.5. The first-order chi connectivity index (χ1) is 11.4. The molecular formula is C16H31Cl2N5O2. The van der Waals surface area contributed by atoms with E-state index in [0.717, 1.165) is 12.8 Å². The number of nitrogens with two attached hydrogens (primary N) is 4. The summed E-state index contributed by atoms with van der Waals surface area (Å²) in [6, 6.07) is 9.83. The molecule has 0 heterocycles. The largest absolute Gasteiger partial charge is 0.480 e. The lowest BCUT2D eigenvalue weighted by molar-refractivity contribution is -0.138. The molecule has 0 radical (unpaired) electrons. The maximum atomic E-state index is 10.7. The predicted octanol–water partition coefficient (Wildman–Crippen LogP) is 1.26. The molecule has 0 aliphatic rings. The van der Waals surface area contributed by atoms with Crippen LogP contribution in [-0.2, 0) is 11.2 Å². The molecule has 0 saturated heterocycles. The van der Waals surface area contributed by atoms with E-state index in [1.165, 1.54) is 5.56 Å². The number of guanidine groups is 1. The maximum Gasteiger partial charge on any atom is 0.320 e. The van der Waals surface area contributed by atoms with Crippen molar-refractivity contribution in [1.82, 2.24) is 0 Å². The summed E-state index contributed by atoms with van der Waals surface area (Å²) in [5.41, 5.74) is 22.5. The van der Waals surface area contributed by atoms with E-state index in [9.17, 15) is 4.79 Å². The number of carboxylic acid groups (broad SMARTS) is 1. The van der Waals surface area contributed by atoms with Crippen LogP contribution in [0, 0.1) is 0 Å². The highest BCUT2D eigenvalue weighted by molar-refractivity contribution is 5.85. The van der Waals surface area contributed by atoms with Crippen molar-refractivity contribution in [2.24, 2.45) is 27.9 Å². The van der Waals surface area contributed by atoms with Crippen LogP contribution in [0.2, 0.25) is 0 Å². The van der Waals surface area contributed by atoms with E-state index in [2.05, 4.69) is 22.2 Å². The smallest absolute Gasteiger partial charge is 0.320 e. The Balaban J connectivity index is -0.000000393. The zero-order valence-corrected chi connectivity index (χ0v) is 16.1. The molecular weight excluding hydrogens is 365 g/mol. The molecule has 146 valence electrons. The average molecular weight is 397 g/mol. The Bertz CT molecular complexity index is 489. The zero-order valence-electron chi connectivity index (χ0n) is 15.5. The summed E-state index contributed by atoms with van der Waals surface area (Å²) in [4.78, 5) is 14.4. The number of halogens is 2. The summed E-state index contributed by atoms with van der Waals surface area (Å²) >= 11 is 0. The molecule has 0 aromatic heterocycles. The van der Waals surface area contributed by atoms with Crippen LogP contribution in [0.4, 0.5) is 0 Å². The van der Waals surface area contributed by atoms with Crippen LogP contribution in [0.25, 0.3) is 1.43 Å². The Morgan fingerprint density at radius 1 is 1.20 bits per heavy atom. The predicted molar refractivity (Wildman–Crippen MR) is 108 cm³/mol. The second-order valence-electron chi connectivity index (χ2n) is 5.39. The van der Waals surface area contributed by atoms with Gasteiger partial charge in [0.15, 0.2) is 5.96 Å². The number of benzene rings is 1. The van der Waals surface area contributed by atoms with Crippen LogP contribution in [0.3, 0.4) is 0 Å². The standard InChI is InChI=1S/C9H13N.C7H16N4O2.2ClH/c1-8(10)7-9-5-3-2-4-6-9;8-5(6(12)13)3-1-2-4-11-7(9)10;;/h2-6,8H,7,10H2,1H3;5H,1-4,8H2,(H,12,13)(H4,9,10,11);2*1H/t;5-;;/m.0../s1/i/hD. The van der Waals surface area contributed by atoms with Gasteiger partial charge >= 0.3 is 5.97 Å². The molecule has 25 heavy (non-hydrogen) atoms. The van der Waals surface area contributed by atoms with E-state index >= 15 is 0 Å². The highest BCUT2D eigenvalue weighted by Crippen LogP contribution is 2.00. The van der Waals surface area contributed by atoms with Gasteiger partial charge in [-0.2, -0.15) is 0 Å². The molecule has 0 saturated carbocycles. The third-order valence-corrected chi connectivity index (χ3v) is 2.92. The quantitative estimate of drug-likeness (QED) is 0.253. The zero-order chi connectivity index (χ0) is 18.4. The number of aliphatic carboxylic acids is 1. The van der Waals surface area contributed by atoms with Crippen LogP contribution in [0.1, 0.15) is 31.7 Å². The maximum absolute atomic E-state index is 10.7. The highest BCUT2D eigenvalue weighted by Gasteiger charge is 2.09. The molecule has 0 aliphatic carbocycles. The van der Waals surface area contributed by atoms with Gasteiger partial charge in [-0.1, -0.05) is 30.3 Å². The number of nitrogens with zero attached hydrogens (tertiary/aromatic N) is 1. The molecule has 1 unspecified atom stereocenters. The van der Waals surface area contributed by atoms with Crippen LogP contribution >= 0.6 is 24.8 Å². The second-order valence-corrected chi connectivity index (χ2v) is 5.39. The molecule has 0 aliphatic heterocycles. The number of carboxylic acids is 1. The number of hydrogen-bond donors (Lipinski definition) is 5. The number of carbonyl (C=O) groups is 1. The minimum Gasteiger partial charge on any atom is -0.480 e. The van der Waals surface area contributed by atoms with Crippen LogP contribution in [0.15, 0.2) is 35.3 Å². The van der Waals surface area contributed by atoms with Gasteiger partial charge in [0.05, 0.1) is 0 Å². The Morgan fingerprint density at radius 2 is 1.80 bits per heavy atom. The number of hydrogen-bond acceptors (Lipinski definition) is 5. The molecule has 9 heteroatoms. The van der Waals surface area contributed by atoms with Crippen molar-refractivity contribution in [2.45, 2.75) is 44.7 Å². The van der Waals surface area contributed by atoms with Gasteiger partial charge in [-0.25, -0.2) is 0 Å². The van der Waals surface area contributed by atoms with Gasteiger partial charge in [0.1, 0.15) is 6.04 Å². The summed E-state index contributed by atoms with van der Waals surface area (Å²) in [5, 5.41) is 3.73. The van der Waals surface area contributed by atoms with E-state index in [4.69, 9.17) is 24.4 Å². The van der Waals surface area contributed by atoms with Gasteiger partial charge in [0.25, 0.3) is 1.43 Å². The van der Waals surface area contributed by atoms with E-state index in [-0.39, 0.29) is 36.8 Å². The van der Waals surface area contributed by atoms with Crippen molar-refractivity contribution >= 4 is 36.7 Å². The molecule has 0 spiro atoms. The Hall–Kier alpha value is -1.54. The van der Waals surface area contributed by atoms with E-state index in [1.54, 1.807) is 0 Å². The van der Waals surface area contributed by atoms with Crippen molar-refractivity contribution < 1.29 is 9.90 Å². The summed E-state index contributed by atoms with van der Waals surface area (Å²) < 4.78 is 6.33. The lowest BCUT2D eigenvalue weighted by Gasteiger charge is -2.04. The van der Waals surface area contributed by atoms with Crippen LogP contribution in [0.5, 0.6) is 0 Å². The summed E-state index contributed by atoms with van der Waals surface area (Å²) in [6.07, 6.45) is 2.91. The molecule has 9 N–H and O–H groups in total. The first-order valence-corrected chi connectivity index (χ1v) is 7.64. The first kappa shape index (κ1) is 25.7. The Kier molecular flexibility index (Phi) is 17.8. The van der Waals surface area contributed by atoms with Crippen molar-refractivity contribution in [3.8, 4) is 0 Å². The minimum atomic E-state index is -0.730. The van der Waals surface area contributed by atoms with Crippen molar-refractivity contribution in [1.29, 1.82) is 1.43 Å². The van der Waals surface area contributed by atoms with Gasteiger partial charge in [0.2, 0.25) is 0 Å². The molecule has 1 rings (SSSR count). The lowest BCUT2D eigenvalue weighted by atomic mass is 10.1. The Morgan fingerprint density at radius 3 is 2.28 bits per heavy atom.